The summed E-state index contributed by atoms with van der Waals surface area (Å²) in [4.78, 5) is 12.8. The van der Waals surface area contributed by atoms with Crippen molar-refractivity contribution in [3.05, 3.63) is 12.2 Å². The van der Waals surface area contributed by atoms with Crippen molar-refractivity contribution in [1.29, 1.82) is 0 Å². The first-order valence-electron chi connectivity index (χ1n) is 4.07. The van der Waals surface area contributed by atoms with E-state index in [1.54, 1.807) is 19.0 Å². The Morgan fingerprint density at radius 2 is 2.36 bits per heavy atom. The van der Waals surface area contributed by atoms with Gasteiger partial charge >= 0.3 is 0 Å². The highest BCUT2D eigenvalue weighted by Gasteiger charge is 2.14. The van der Waals surface area contributed by atoms with E-state index in [2.05, 4.69) is 12.2 Å². The van der Waals surface area contributed by atoms with E-state index in [0.29, 0.717) is 12.3 Å². The van der Waals surface area contributed by atoms with E-state index in [0.717, 1.165) is 12.8 Å². The van der Waals surface area contributed by atoms with Gasteiger partial charge in [-0.2, -0.15) is 0 Å². The monoisotopic (exact) mass is 153 g/mol. The number of hydrogen-bond donors (Lipinski definition) is 0. The third-order valence-electron chi connectivity index (χ3n) is 2.05. The summed E-state index contributed by atoms with van der Waals surface area (Å²) in [7, 11) is 3.61. The molecule has 2 nitrogen and oxygen atoms in total. The van der Waals surface area contributed by atoms with Gasteiger partial charge in [0.05, 0.1) is 0 Å². The lowest BCUT2D eigenvalue weighted by atomic mass is 10.1. The van der Waals surface area contributed by atoms with Crippen LogP contribution in [0.2, 0.25) is 0 Å². The molecule has 2 heteroatoms. The molecule has 0 radical (unpaired) electrons. The zero-order valence-electron chi connectivity index (χ0n) is 7.21. The molecule has 0 aliphatic heterocycles. The molecule has 0 heterocycles. The minimum atomic E-state index is 0.238. The fourth-order valence-corrected chi connectivity index (χ4v) is 1.27. The third-order valence-corrected chi connectivity index (χ3v) is 2.05. The van der Waals surface area contributed by atoms with E-state index >= 15 is 0 Å². The molecule has 0 unspecified atom stereocenters. The van der Waals surface area contributed by atoms with Gasteiger partial charge in [-0.25, -0.2) is 0 Å². The second-order valence-corrected chi connectivity index (χ2v) is 3.26. The van der Waals surface area contributed by atoms with Crippen LogP contribution in [0.25, 0.3) is 0 Å². The molecule has 0 saturated carbocycles. The SMILES string of the molecule is CN(C)C(=O)C[C@H]1C=CCC1. The largest absolute Gasteiger partial charge is 0.349 e. The summed E-state index contributed by atoms with van der Waals surface area (Å²) in [6.07, 6.45) is 7.30. The maximum atomic E-state index is 11.2. The summed E-state index contributed by atoms with van der Waals surface area (Å²) in [5, 5.41) is 0. The molecule has 0 saturated heterocycles. The lowest BCUT2D eigenvalue weighted by Gasteiger charge is -2.12. The van der Waals surface area contributed by atoms with E-state index in [1.165, 1.54) is 0 Å². The topological polar surface area (TPSA) is 20.3 Å². The second kappa shape index (κ2) is 3.56. The number of rotatable bonds is 2. The lowest BCUT2D eigenvalue weighted by molar-refractivity contribution is -0.129. The molecular weight excluding hydrogens is 138 g/mol. The van der Waals surface area contributed by atoms with Gasteiger partial charge in [0.1, 0.15) is 0 Å². The van der Waals surface area contributed by atoms with Crippen molar-refractivity contribution in [3.63, 3.8) is 0 Å². The van der Waals surface area contributed by atoms with Crippen molar-refractivity contribution in [2.75, 3.05) is 14.1 Å². The lowest BCUT2D eigenvalue weighted by Crippen LogP contribution is -2.23. The minimum Gasteiger partial charge on any atom is -0.349 e. The molecule has 0 aromatic heterocycles. The Hall–Kier alpha value is -0.790. The Morgan fingerprint density at radius 1 is 1.64 bits per heavy atom. The van der Waals surface area contributed by atoms with Crippen LogP contribution >= 0.6 is 0 Å². The van der Waals surface area contributed by atoms with Crippen molar-refractivity contribution in [2.24, 2.45) is 5.92 Å². The molecule has 11 heavy (non-hydrogen) atoms. The molecule has 0 N–H and O–H groups in total. The Bertz CT molecular complexity index is 172. The first-order chi connectivity index (χ1) is 5.20. The van der Waals surface area contributed by atoms with Crippen LogP contribution in [0, 0.1) is 5.92 Å². The number of nitrogens with zero attached hydrogens (tertiary/aromatic N) is 1. The molecule has 0 bridgehead atoms. The van der Waals surface area contributed by atoms with Crippen molar-refractivity contribution in [2.45, 2.75) is 19.3 Å². The number of carbonyl (C=O) groups excluding carboxylic acids is 1. The predicted molar refractivity (Wildman–Crippen MR) is 45.2 cm³/mol. The zero-order valence-corrected chi connectivity index (χ0v) is 7.21. The number of amides is 1. The fraction of sp³-hybridized carbons (Fsp3) is 0.667. The van der Waals surface area contributed by atoms with Crippen molar-refractivity contribution < 1.29 is 4.79 Å². The van der Waals surface area contributed by atoms with Crippen LogP contribution in [0.3, 0.4) is 0 Å². The molecular formula is C9H15NO. The Labute approximate surface area is 67.9 Å². The van der Waals surface area contributed by atoms with Crippen LogP contribution in [0.5, 0.6) is 0 Å². The zero-order chi connectivity index (χ0) is 8.27. The smallest absolute Gasteiger partial charge is 0.222 e. The van der Waals surface area contributed by atoms with Crippen LogP contribution in [-0.2, 0) is 4.79 Å². The van der Waals surface area contributed by atoms with E-state index in [9.17, 15) is 4.79 Å². The number of allylic oxidation sites excluding steroid dienone is 2. The highest BCUT2D eigenvalue weighted by atomic mass is 16.2. The maximum Gasteiger partial charge on any atom is 0.222 e. The number of carbonyl (C=O) groups is 1. The van der Waals surface area contributed by atoms with E-state index in [1.807, 2.05) is 0 Å². The van der Waals surface area contributed by atoms with Gasteiger partial charge in [-0.15, -0.1) is 0 Å². The molecule has 1 aliphatic rings. The standard InChI is InChI=1S/C9H15NO/c1-10(2)9(11)7-8-5-3-4-6-8/h3,5,8H,4,6-7H2,1-2H3/t8-/m0/s1. The van der Waals surface area contributed by atoms with Crippen molar-refractivity contribution in [1.82, 2.24) is 4.90 Å². The predicted octanol–water partition coefficient (Wildman–Crippen LogP) is 1.43. The average Bonchev–Trinajstić information content (AvgIpc) is 2.39. The van der Waals surface area contributed by atoms with Gasteiger partial charge in [0.2, 0.25) is 5.91 Å². The molecule has 1 rings (SSSR count). The Kier molecular flexibility index (Phi) is 2.69. The van der Waals surface area contributed by atoms with Crippen LogP contribution in [0.4, 0.5) is 0 Å². The van der Waals surface area contributed by atoms with Crippen molar-refractivity contribution >= 4 is 5.91 Å². The average molecular weight is 153 g/mol. The van der Waals surface area contributed by atoms with Gasteiger partial charge < -0.3 is 4.90 Å². The normalized spacial score (nSPS) is 22.2. The molecule has 0 spiro atoms. The third kappa shape index (κ3) is 2.37. The van der Waals surface area contributed by atoms with Crippen LogP contribution in [-0.4, -0.2) is 24.9 Å². The molecule has 1 atom stereocenters. The van der Waals surface area contributed by atoms with E-state index < -0.39 is 0 Å². The summed E-state index contributed by atoms with van der Waals surface area (Å²) in [5.41, 5.74) is 0. The van der Waals surface area contributed by atoms with Gasteiger partial charge in [-0.05, 0) is 18.8 Å². The van der Waals surface area contributed by atoms with Gasteiger partial charge in [0, 0.05) is 20.5 Å². The van der Waals surface area contributed by atoms with Gasteiger partial charge in [0.15, 0.2) is 0 Å². The van der Waals surface area contributed by atoms with Gasteiger partial charge in [0.25, 0.3) is 0 Å². The molecule has 1 aliphatic carbocycles. The quantitative estimate of drug-likeness (QED) is 0.549. The molecule has 0 fully saturated rings. The minimum absolute atomic E-state index is 0.238. The van der Waals surface area contributed by atoms with Gasteiger partial charge in [-0.1, -0.05) is 12.2 Å². The molecule has 1 amide bonds. The summed E-state index contributed by atoms with van der Waals surface area (Å²) >= 11 is 0. The summed E-state index contributed by atoms with van der Waals surface area (Å²) < 4.78 is 0. The Morgan fingerprint density at radius 3 is 2.82 bits per heavy atom. The van der Waals surface area contributed by atoms with E-state index in [4.69, 9.17) is 0 Å². The van der Waals surface area contributed by atoms with Crippen LogP contribution in [0.1, 0.15) is 19.3 Å². The van der Waals surface area contributed by atoms with E-state index in [-0.39, 0.29) is 5.91 Å². The molecule has 62 valence electrons. The van der Waals surface area contributed by atoms with Crippen LogP contribution < -0.4 is 0 Å². The highest BCUT2D eigenvalue weighted by Crippen LogP contribution is 2.20. The molecule has 0 aromatic carbocycles. The van der Waals surface area contributed by atoms with Crippen LogP contribution in [0.15, 0.2) is 12.2 Å². The summed E-state index contributed by atoms with van der Waals surface area (Å²) in [6.45, 7) is 0. The first-order valence-corrected chi connectivity index (χ1v) is 4.07. The summed E-state index contributed by atoms with van der Waals surface area (Å²) in [6, 6.07) is 0. The maximum absolute atomic E-state index is 11.2. The second-order valence-electron chi connectivity index (χ2n) is 3.26. The Balaban J connectivity index is 2.30. The van der Waals surface area contributed by atoms with Crippen molar-refractivity contribution in [3.8, 4) is 0 Å². The highest BCUT2D eigenvalue weighted by molar-refractivity contribution is 5.76. The number of hydrogen-bond acceptors (Lipinski definition) is 1. The molecule has 0 aromatic rings. The fourth-order valence-electron chi connectivity index (χ4n) is 1.27. The summed E-state index contributed by atoms with van der Waals surface area (Å²) in [5.74, 6) is 0.742. The van der Waals surface area contributed by atoms with Gasteiger partial charge in [-0.3, -0.25) is 4.79 Å². The first kappa shape index (κ1) is 8.31.